The number of nitrogens with zero attached hydrogens (tertiary/aromatic N) is 1. The number of nitrogens with one attached hydrogen (secondary N) is 2. The first-order valence-corrected chi connectivity index (χ1v) is 7.86. The standard InChI is InChI=1S/C18H22N4O/c19-22-18(16-9-6-12-20-13-16)11-5-4-10-17(18)21-23-14-15-7-2-1-3-8-15/h1-3,6-10,12-13,21-22H,4-5,11,14,19H2. The highest BCUT2D eigenvalue weighted by atomic mass is 16.6. The van der Waals surface area contributed by atoms with E-state index in [0.717, 1.165) is 36.1 Å². The Morgan fingerprint density at radius 2 is 2.04 bits per heavy atom. The van der Waals surface area contributed by atoms with Gasteiger partial charge in [0.15, 0.2) is 0 Å². The van der Waals surface area contributed by atoms with E-state index in [4.69, 9.17) is 10.7 Å². The number of hydrogen-bond donors (Lipinski definition) is 3. The highest BCUT2D eigenvalue weighted by Crippen LogP contribution is 2.36. The molecule has 0 aliphatic heterocycles. The maximum atomic E-state index is 5.93. The Hall–Kier alpha value is -2.21. The van der Waals surface area contributed by atoms with E-state index in [0.29, 0.717) is 6.61 Å². The van der Waals surface area contributed by atoms with Gasteiger partial charge >= 0.3 is 0 Å². The van der Waals surface area contributed by atoms with Crippen LogP contribution < -0.4 is 16.7 Å². The Morgan fingerprint density at radius 1 is 1.17 bits per heavy atom. The lowest BCUT2D eigenvalue weighted by Crippen LogP contribution is -2.52. The molecule has 1 aromatic carbocycles. The predicted octanol–water partition coefficient (Wildman–Crippen LogP) is 2.53. The molecule has 1 aliphatic rings. The molecule has 0 radical (unpaired) electrons. The summed E-state index contributed by atoms with van der Waals surface area (Å²) in [6.45, 7) is 0.492. The van der Waals surface area contributed by atoms with Crippen molar-refractivity contribution in [2.24, 2.45) is 5.84 Å². The SMILES string of the molecule is NNC1(c2cccnc2)CCCC=C1NOCc1ccccc1. The number of nitrogens with two attached hydrogens (primary N) is 1. The van der Waals surface area contributed by atoms with Crippen LogP contribution in [-0.2, 0) is 17.0 Å². The first-order chi connectivity index (χ1) is 11.3. The molecule has 0 amide bonds. The van der Waals surface area contributed by atoms with Crippen LogP contribution in [0.1, 0.15) is 30.4 Å². The number of hydroxylamine groups is 1. The Balaban J connectivity index is 1.74. The van der Waals surface area contributed by atoms with Crippen LogP contribution in [0.4, 0.5) is 0 Å². The summed E-state index contributed by atoms with van der Waals surface area (Å²) in [5.74, 6) is 5.93. The Labute approximate surface area is 136 Å². The van der Waals surface area contributed by atoms with Gasteiger partial charge in [-0.25, -0.2) is 5.43 Å². The zero-order chi connectivity index (χ0) is 16.0. The molecule has 1 aliphatic carbocycles. The summed E-state index contributed by atoms with van der Waals surface area (Å²) < 4.78 is 0. The van der Waals surface area contributed by atoms with E-state index in [1.807, 2.05) is 48.7 Å². The van der Waals surface area contributed by atoms with E-state index in [9.17, 15) is 0 Å². The van der Waals surface area contributed by atoms with Crippen LogP contribution >= 0.6 is 0 Å². The smallest absolute Gasteiger partial charge is 0.0998 e. The molecule has 3 rings (SSSR count). The summed E-state index contributed by atoms with van der Waals surface area (Å²) in [6, 6.07) is 14.0. The molecule has 1 unspecified atom stereocenters. The summed E-state index contributed by atoms with van der Waals surface area (Å²) >= 11 is 0. The molecule has 0 fully saturated rings. The Bertz CT molecular complexity index is 645. The highest BCUT2D eigenvalue weighted by molar-refractivity contribution is 5.33. The minimum absolute atomic E-state index is 0.483. The number of allylic oxidation sites excluding steroid dienone is 1. The molecule has 23 heavy (non-hydrogen) atoms. The van der Waals surface area contributed by atoms with Gasteiger partial charge in [0.1, 0.15) is 0 Å². The molecule has 0 saturated carbocycles. The second-order valence-corrected chi connectivity index (χ2v) is 5.68. The molecule has 4 N–H and O–H groups in total. The van der Waals surface area contributed by atoms with Crippen molar-refractivity contribution in [3.8, 4) is 0 Å². The number of aromatic nitrogens is 1. The van der Waals surface area contributed by atoms with Crippen molar-refractivity contribution in [3.63, 3.8) is 0 Å². The molecule has 2 aromatic rings. The van der Waals surface area contributed by atoms with Gasteiger partial charge in [-0.2, -0.15) is 0 Å². The number of hydrogen-bond acceptors (Lipinski definition) is 5. The van der Waals surface area contributed by atoms with Crippen molar-refractivity contribution >= 4 is 0 Å². The fraction of sp³-hybridized carbons (Fsp3) is 0.278. The van der Waals surface area contributed by atoms with Crippen LogP contribution in [-0.4, -0.2) is 4.98 Å². The van der Waals surface area contributed by atoms with Gasteiger partial charge in [-0.3, -0.25) is 21.1 Å². The van der Waals surface area contributed by atoms with Crippen LogP contribution in [0.15, 0.2) is 66.6 Å². The van der Waals surface area contributed by atoms with E-state index in [2.05, 4.69) is 22.0 Å². The third-order valence-electron chi connectivity index (χ3n) is 4.23. The first-order valence-electron chi connectivity index (χ1n) is 7.86. The summed E-state index contributed by atoms with van der Waals surface area (Å²) in [7, 11) is 0. The maximum absolute atomic E-state index is 5.93. The van der Waals surface area contributed by atoms with Crippen molar-refractivity contribution in [3.05, 3.63) is 77.8 Å². The molecule has 1 atom stereocenters. The summed E-state index contributed by atoms with van der Waals surface area (Å²) in [6.07, 6.45) is 8.70. The molecule has 5 heteroatoms. The van der Waals surface area contributed by atoms with E-state index >= 15 is 0 Å². The van der Waals surface area contributed by atoms with Gasteiger partial charge in [-0.05, 0) is 36.5 Å². The lowest BCUT2D eigenvalue weighted by molar-refractivity contribution is 0.0336. The number of rotatable bonds is 6. The summed E-state index contributed by atoms with van der Waals surface area (Å²) in [5, 5.41) is 0. The van der Waals surface area contributed by atoms with Gasteiger partial charge in [0, 0.05) is 12.4 Å². The van der Waals surface area contributed by atoms with Crippen LogP contribution in [0.2, 0.25) is 0 Å². The molecule has 5 nitrogen and oxygen atoms in total. The van der Waals surface area contributed by atoms with E-state index in [1.54, 1.807) is 6.20 Å². The van der Waals surface area contributed by atoms with Gasteiger partial charge < -0.3 is 0 Å². The largest absolute Gasteiger partial charge is 0.272 e. The molecule has 0 bridgehead atoms. The van der Waals surface area contributed by atoms with Crippen molar-refractivity contribution < 1.29 is 4.84 Å². The number of benzene rings is 1. The van der Waals surface area contributed by atoms with Crippen LogP contribution in [0.25, 0.3) is 0 Å². The second-order valence-electron chi connectivity index (χ2n) is 5.68. The zero-order valence-electron chi connectivity index (χ0n) is 13.0. The summed E-state index contributed by atoms with van der Waals surface area (Å²) in [5.41, 5.74) is 8.69. The van der Waals surface area contributed by atoms with E-state index in [-0.39, 0.29) is 0 Å². The maximum Gasteiger partial charge on any atom is 0.0998 e. The second kappa shape index (κ2) is 7.37. The zero-order valence-corrected chi connectivity index (χ0v) is 13.0. The minimum atomic E-state index is -0.483. The quantitative estimate of drug-likeness (QED) is 0.565. The topological polar surface area (TPSA) is 72.2 Å². The molecule has 1 aromatic heterocycles. The number of hydrazine groups is 1. The van der Waals surface area contributed by atoms with Gasteiger partial charge in [0.25, 0.3) is 0 Å². The third-order valence-corrected chi connectivity index (χ3v) is 4.23. The van der Waals surface area contributed by atoms with Crippen molar-refractivity contribution in [1.29, 1.82) is 0 Å². The van der Waals surface area contributed by atoms with Crippen molar-refractivity contribution in [1.82, 2.24) is 15.9 Å². The van der Waals surface area contributed by atoms with Gasteiger partial charge in [-0.15, -0.1) is 0 Å². The van der Waals surface area contributed by atoms with Crippen LogP contribution in [0, 0.1) is 0 Å². The normalized spacial score (nSPS) is 20.8. The lowest BCUT2D eigenvalue weighted by Gasteiger charge is -2.38. The molecular weight excluding hydrogens is 288 g/mol. The molecule has 0 spiro atoms. The average molecular weight is 310 g/mol. The monoisotopic (exact) mass is 310 g/mol. The van der Waals surface area contributed by atoms with Gasteiger partial charge in [0.05, 0.1) is 17.8 Å². The van der Waals surface area contributed by atoms with E-state index in [1.165, 1.54) is 0 Å². The van der Waals surface area contributed by atoms with Gasteiger partial charge in [0.2, 0.25) is 0 Å². The third kappa shape index (κ3) is 3.42. The molecule has 0 saturated heterocycles. The highest BCUT2D eigenvalue weighted by Gasteiger charge is 2.37. The lowest BCUT2D eigenvalue weighted by atomic mass is 9.80. The fourth-order valence-electron chi connectivity index (χ4n) is 2.97. The number of pyridine rings is 1. The fourth-order valence-corrected chi connectivity index (χ4v) is 2.97. The molecule has 120 valence electrons. The molecular formula is C18H22N4O. The van der Waals surface area contributed by atoms with Crippen molar-refractivity contribution in [2.75, 3.05) is 0 Å². The Kier molecular flexibility index (Phi) is 5.02. The van der Waals surface area contributed by atoms with E-state index < -0.39 is 5.54 Å². The van der Waals surface area contributed by atoms with Gasteiger partial charge in [-0.1, -0.05) is 42.5 Å². The van der Waals surface area contributed by atoms with Crippen LogP contribution in [0.3, 0.4) is 0 Å². The van der Waals surface area contributed by atoms with Crippen molar-refractivity contribution in [2.45, 2.75) is 31.4 Å². The summed E-state index contributed by atoms with van der Waals surface area (Å²) in [4.78, 5) is 9.93. The Morgan fingerprint density at radius 3 is 2.78 bits per heavy atom. The predicted molar refractivity (Wildman–Crippen MR) is 89.5 cm³/mol. The average Bonchev–Trinajstić information content (AvgIpc) is 2.64. The van der Waals surface area contributed by atoms with Crippen LogP contribution in [0.5, 0.6) is 0 Å². The minimum Gasteiger partial charge on any atom is -0.272 e. The molecule has 1 heterocycles. The first kappa shape index (κ1) is 15.7.